The van der Waals surface area contributed by atoms with Crippen LogP contribution >= 0.6 is 0 Å². The fraction of sp³-hybridized carbons (Fsp3) is 1.00. The molecule has 2 aliphatic carbocycles. The van der Waals surface area contributed by atoms with Gasteiger partial charge in [0.05, 0.1) is 0 Å². The molecule has 0 amide bonds. The number of nitrogens with one attached hydrogen (secondary N) is 1. The highest BCUT2D eigenvalue weighted by molar-refractivity contribution is 4.90. The number of rotatable bonds is 4. The van der Waals surface area contributed by atoms with Gasteiger partial charge in [0, 0.05) is 12.6 Å². The molecule has 18 heavy (non-hydrogen) atoms. The summed E-state index contributed by atoms with van der Waals surface area (Å²) >= 11 is 0. The van der Waals surface area contributed by atoms with Gasteiger partial charge in [0.1, 0.15) is 0 Å². The second-order valence-corrected chi connectivity index (χ2v) is 6.84. The summed E-state index contributed by atoms with van der Waals surface area (Å²) in [4.78, 5) is 2.76. The number of hydrogen-bond acceptors (Lipinski definition) is 2. The third kappa shape index (κ3) is 3.71. The van der Waals surface area contributed by atoms with E-state index in [0.29, 0.717) is 0 Å². The van der Waals surface area contributed by atoms with E-state index in [1.807, 2.05) is 0 Å². The minimum absolute atomic E-state index is 0.818. The molecule has 3 aliphatic rings. The first-order chi connectivity index (χ1) is 8.92. The summed E-state index contributed by atoms with van der Waals surface area (Å²) in [7, 11) is 0. The molecular weight excluding hydrogens is 220 g/mol. The van der Waals surface area contributed by atoms with Crippen LogP contribution in [-0.2, 0) is 0 Å². The van der Waals surface area contributed by atoms with Crippen LogP contribution in [0.4, 0.5) is 0 Å². The topological polar surface area (TPSA) is 15.3 Å². The fourth-order valence-corrected chi connectivity index (χ4v) is 3.88. The van der Waals surface area contributed by atoms with Crippen molar-refractivity contribution in [1.29, 1.82) is 0 Å². The van der Waals surface area contributed by atoms with Gasteiger partial charge in [-0.15, -0.1) is 0 Å². The van der Waals surface area contributed by atoms with E-state index in [-0.39, 0.29) is 0 Å². The maximum Gasteiger partial charge on any atom is 0.0223 e. The van der Waals surface area contributed by atoms with Gasteiger partial charge >= 0.3 is 0 Å². The number of nitrogens with zero attached hydrogens (tertiary/aromatic N) is 1. The first-order valence-electron chi connectivity index (χ1n) is 8.37. The zero-order chi connectivity index (χ0) is 12.2. The van der Waals surface area contributed by atoms with Crippen LogP contribution in [0.1, 0.15) is 57.8 Å². The van der Waals surface area contributed by atoms with Gasteiger partial charge in [-0.05, 0) is 57.2 Å². The molecule has 0 aromatic carbocycles. The van der Waals surface area contributed by atoms with E-state index in [9.17, 15) is 0 Å². The predicted octanol–water partition coefficient (Wildman–Crippen LogP) is 3.03. The molecule has 3 fully saturated rings. The minimum Gasteiger partial charge on any atom is -0.312 e. The summed E-state index contributed by atoms with van der Waals surface area (Å²) in [5, 5.41) is 3.77. The van der Waals surface area contributed by atoms with E-state index in [0.717, 1.165) is 17.9 Å². The van der Waals surface area contributed by atoms with Crippen molar-refractivity contribution >= 4 is 0 Å². The molecule has 2 saturated carbocycles. The molecule has 2 nitrogen and oxygen atoms in total. The molecule has 1 saturated heterocycles. The van der Waals surface area contributed by atoms with E-state index in [2.05, 4.69) is 10.2 Å². The molecule has 1 heterocycles. The van der Waals surface area contributed by atoms with Gasteiger partial charge in [-0.1, -0.05) is 32.1 Å². The Morgan fingerprint density at radius 3 is 2.56 bits per heavy atom. The van der Waals surface area contributed by atoms with Crippen molar-refractivity contribution in [2.24, 2.45) is 11.8 Å². The summed E-state index contributed by atoms with van der Waals surface area (Å²) in [5.41, 5.74) is 0. The van der Waals surface area contributed by atoms with E-state index in [1.54, 1.807) is 0 Å². The monoisotopic (exact) mass is 250 g/mol. The lowest BCUT2D eigenvalue weighted by molar-refractivity contribution is 0.223. The van der Waals surface area contributed by atoms with Crippen molar-refractivity contribution in [3.05, 3.63) is 0 Å². The third-order valence-corrected chi connectivity index (χ3v) is 5.28. The van der Waals surface area contributed by atoms with Crippen molar-refractivity contribution < 1.29 is 0 Å². The van der Waals surface area contributed by atoms with Crippen LogP contribution in [0.5, 0.6) is 0 Å². The van der Waals surface area contributed by atoms with Gasteiger partial charge in [-0.2, -0.15) is 0 Å². The smallest absolute Gasteiger partial charge is 0.0223 e. The van der Waals surface area contributed by atoms with Gasteiger partial charge in [-0.25, -0.2) is 0 Å². The standard InChI is InChI=1S/C16H30N2/c1-2-5-14(6-3-1)9-12-18-11-4-10-17-16(13-18)15-7-8-15/h14-17H,1-13H2. The fourth-order valence-electron chi connectivity index (χ4n) is 3.88. The maximum atomic E-state index is 3.77. The average Bonchev–Trinajstić information content (AvgIpc) is 3.24. The van der Waals surface area contributed by atoms with E-state index < -0.39 is 0 Å². The van der Waals surface area contributed by atoms with Crippen LogP contribution in [0, 0.1) is 11.8 Å². The van der Waals surface area contributed by atoms with Gasteiger partial charge in [0.15, 0.2) is 0 Å². The van der Waals surface area contributed by atoms with Crippen LogP contribution in [0.25, 0.3) is 0 Å². The lowest BCUT2D eigenvalue weighted by Gasteiger charge is -2.28. The van der Waals surface area contributed by atoms with Crippen molar-refractivity contribution in [3.8, 4) is 0 Å². The van der Waals surface area contributed by atoms with Gasteiger partial charge in [0.25, 0.3) is 0 Å². The lowest BCUT2D eigenvalue weighted by Crippen LogP contribution is -2.39. The van der Waals surface area contributed by atoms with Crippen molar-refractivity contribution in [1.82, 2.24) is 10.2 Å². The third-order valence-electron chi connectivity index (χ3n) is 5.28. The zero-order valence-electron chi connectivity index (χ0n) is 11.9. The van der Waals surface area contributed by atoms with Crippen molar-refractivity contribution in [3.63, 3.8) is 0 Å². The zero-order valence-corrected chi connectivity index (χ0v) is 11.9. The van der Waals surface area contributed by atoms with Gasteiger partial charge < -0.3 is 10.2 Å². The maximum absolute atomic E-state index is 3.77. The normalized spacial score (nSPS) is 32.3. The summed E-state index contributed by atoms with van der Waals surface area (Å²) < 4.78 is 0. The summed E-state index contributed by atoms with van der Waals surface area (Å²) in [6.07, 6.45) is 13.3. The number of hydrogen-bond donors (Lipinski definition) is 1. The predicted molar refractivity (Wildman–Crippen MR) is 76.8 cm³/mol. The van der Waals surface area contributed by atoms with E-state index in [1.165, 1.54) is 84.0 Å². The SMILES string of the molecule is C1CCC(CCN2CCCNC(C3CC3)C2)CC1. The minimum atomic E-state index is 0.818. The Bertz CT molecular complexity index is 243. The molecule has 0 spiro atoms. The summed E-state index contributed by atoms with van der Waals surface area (Å²) in [6, 6.07) is 0.818. The molecular formula is C16H30N2. The summed E-state index contributed by atoms with van der Waals surface area (Å²) in [5.74, 6) is 2.06. The van der Waals surface area contributed by atoms with Crippen molar-refractivity contribution in [2.75, 3.05) is 26.2 Å². The molecule has 2 heteroatoms. The largest absolute Gasteiger partial charge is 0.312 e. The van der Waals surface area contributed by atoms with Crippen LogP contribution in [0.3, 0.4) is 0 Å². The highest BCUT2D eigenvalue weighted by Crippen LogP contribution is 2.33. The highest BCUT2D eigenvalue weighted by atomic mass is 15.2. The Hall–Kier alpha value is -0.0800. The Morgan fingerprint density at radius 2 is 1.78 bits per heavy atom. The molecule has 0 bridgehead atoms. The first kappa shape index (κ1) is 12.9. The Kier molecular flexibility index (Phi) is 4.58. The van der Waals surface area contributed by atoms with Crippen LogP contribution in [0.15, 0.2) is 0 Å². The summed E-state index contributed by atoms with van der Waals surface area (Å²) in [6.45, 7) is 5.29. The molecule has 0 aromatic heterocycles. The lowest BCUT2D eigenvalue weighted by atomic mass is 9.87. The molecule has 0 radical (unpaired) electrons. The molecule has 1 aliphatic heterocycles. The molecule has 1 N–H and O–H groups in total. The van der Waals surface area contributed by atoms with Gasteiger partial charge in [-0.3, -0.25) is 0 Å². The van der Waals surface area contributed by atoms with E-state index >= 15 is 0 Å². The molecule has 1 unspecified atom stereocenters. The Labute approximate surface area is 113 Å². The molecule has 3 rings (SSSR count). The van der Waals surface area contributed by atoms with E-state index in [4.69, 9.17) is 0 Å². The van der Waals surface area contributed by atoms with Crippen molar-refractivity contribution in [2.45, 2.75) is 63.8 Å². The highest BCUT2D eigenvalue weighted by Gasteiger charge is 2.33. The van der Waals surface area contributed by atoms with Crippen LogP contribution in [-0.4, -0.2) is 37.1 Å². The van der Waals surface area contributed by atoms with Crippen LogP contribution < -0.4 is 5.32 Å². The molecule has 0 aromatic rings. The Balaban J connectivity index is 1.42. The first-order valence-corrected chi connectivity index (χ1v) is 8.37. The quantitative estimate of drug-likeness (QED) is 0.825. The molecule has 104 valence electrons. The average molecular weight is 250 g/mol. The second kappa shape index (κ2) is 6.38. The molecule has 1 atom stereocenters. The Morgan fingerprint density at radius 1 is 0.944 bits per heavy atom. The second-order valence-electron chi connectivity index (χ2n) is 6.84. The van der Waals surface area contributed by atoms with Gasteiger partial charge in [0.2, 0.25) is 0 Å². The van der Waals surface area contributed by atoms with Crippen LogP contribution in [0.2, 0.25) is 0 Å².